The van der Waals surface area contributed by atoms with Crippen molar-refractivity contribution < 1.29 is 13.9 Å². The summed E-state index contributed by atoms with van der Waals surface area (Å²) in [6.45, 7) is 4.70. The second-order valence-corrected chi connectivity index (χ2v) is 9.27. The van der Waals surface area contributed by atoms with E-state index in [9.17, 15) is 9.18 Å². The van der Waals surface area contributed by atoms with Crippen LogP contribution in [-0.4, -0.2) is 60.0 Å². The third-order valence-corrected chi connectivity index (χ3v) is 7.02. The minimum absolute atomic E-state index is 0.181. The van der Waals surface area contributed by atoms with E-state index in [1.807, 2.05) is 31.2 Å². The Balaban J connectivity index is 1.59. The Bertz CT molecular complexity index is 1160. The van der Waals surface area contributed by atoms with E-state index in [2.05, 4.69) is 16.0 Å². The number of pyridine rings is 1. The first-order valence-corrected chi connectivity index (χ1v) is 11.8. The molecule has 1 saturated carbocycles. The van der Waals surface area contributed by atoms with Crippen molar-refractivity contribution in [1.29, 1.82) is 0 Å². The van der Waals surface area contributed by atoms with Crippen LogP contribution in [0.4, 0.5) is 4.39 Å². The molecule has 1 fully saturated rings. The summed E-state index contributed by atoms with van der Waals surface area (Å²) < 4.78 is 20.2. The van der Waals surface area contributed by atoms with Crippen molar-refractivity contribution in [2.45, 2.75) is 25.3 Å². The molecule has 2 aliphatic heterocycles. The summed E-state index contributed by atoms with van der Waals surface area (Å²) in [4.78, 5) is 26.1. The van der Waals surface area contributed by atoms with Crippen LogP contribution in [0.15, 0.2) is 59.4 Å². The molecule has 7 nitrogen and oxygen atoms in total. The number of hydrogen-bond donors (Lipinski definition) is 1. The van der Waals surface area contributed by atoms with Gasteiger partial charge in [0, 0.05) is 50.1 Å². The molecule has 2 N–H and O–H groups in total. The summed E-state index contributed by atoms with van der Waals surface area (Å²) in [6, 6.07) is 10.7. The van der Waals surface area contributed by atoms with Crippen LogP contribution in [0.2, 0.25) is 0 Å². The first kappa shape index (κ1) is 22.5. The highest BCUT2D eigenvalue weighted by molar-refractivity contribution is 6.07. The van der Waals surface area contributed by atoms with Crippen molar-refractivity contribution in [3.63, 3.8) is 0 Å². The first-order valence-electron chi connectivity index (χ1n) is 11.8. The molecule has 2 atom stereocenters. The molecule has 0 radical (unpaired) electrons. The molecule has 2 aromatic rings. The van der Waals surface area contributed by atoms with Crippen LogP contribution < -0.4 is 5.73 Å². The average molecular weight is 464 g/mol. The lowest BCUT2D eigenvalue weighted by Crippen LogP contribution is -2.46. The number of ether oxygens (including phenoxy) is 1. The van der Waals surface area contributed by atoms with Crippen LogP contribution in [0.25, 0.3) is 11.1 Å². The van der Waals surface area contributed by atoms with Crippen LogP contribution in [0.1, 0.15) is 25.3 Å². The number of carbonyl (C=O) groups excluding carboxylic acids is 1. The molecule has 1 aromatic carbocycles. The van der Waals surface area contributed by atoms with Gasteiger partial charge in [0.2, 0.25) is 5.95 Å². The van der Waals surface area contributed by atoms with Gasteiger partial charge in [-0.2, -0.15) is 4.39 Å². The molecule has 0 saturated heterocycles. The number of nitrogens with two attached hydrogens (primary N) is 1. The highest BCUT2D eigenvalue weighted by Crippen LogP contribution is 2.45. The van der Waals surface area contributed by atoms with Crippen molar-refractivity contribution in [2.75, 3.05) is 33.4 Å². The summed E-state index contributed by atoms with van der Waals surface area (Å²) in [5, 5.41) is 0. The predicted molar refractivity (Wildman–Crippen MR) is 128 cm³/mol. The van der Waals surface area contributed by atoms with Gasteiger partial charge in [0.25, 0.3) is 5.91 Å². The van der Waals surface area contributed by atoms with Gasteiger partial charge in [-0.25, -0.2) is 9.98 Å². The minimum atomic E-state index is -1.22. The number of likely N-dealkylation sites (N-methyl/N-ethyl adjacent to an activating group) is 1. The van der Waals surface area contributed by atoms with Crippen LogP contribution >= 0.6 is 0 Å². The van der Waals surface area contributed by atoms with Gasteiger partial charge in [0.1, 0.15) is 0 Å². The summed E-state index contributed by atoms with van der Waals surface area (Å²) in [6.07, 6.45) is 6.02. The van der Waals surface area contributed by atoms with E-state index in [1.165, 1.54) is 23.9 Å². The van der Waals surface area contributed by atoms with Crippen LogP contribution in [0.3, 0.4) is 0 Å². The van der Waals surface area contributed by atoms with Gasteiger partial charge in [-0.3, -0.25) is 9.69 Å². The standard InChI is InChI=1S/C26H30FN5O2/c1-3-34-16-21-13-20(15-32(21)14-17-9-10-17)26(24(33)31(2)25(28)30-26)19-7-4-6-18(12-19)22-8-5-11-29-23(22)27/h4-8,11-13,17,20H,3,9-10,14-16H2,1-2H3,(H2,28,30)/t20?,26-/m0/s1. The fourth-order valence-electron chi connectivity index (χ4n) is 4.98. The fourth-order valence-corrected chi connectivity index (χ4v) is 4.98. The molecule has 3 aliphatic rings. The van der Waals surface area contributed by atoms with Crippen molar-refractivity contribution in [1.82, 2.24) is 14.8 Å². The molecule has 1 amide bonds. The molecule has 0 bridgehead atoms. The van der Waals surface area contributed by atoms with Gasteiger partial charge in [-0.1, -0.05) is 24.3 Å². The number of guanidine groups is 1. The Morgan fingerprint density at radius 2 is 2.09 bits per heavy atom. The second-order valence-electron chi connectivity index (χ2n) is 9.27. The number of amides is 1. The van der Waals surface area contributed by atoms with Gasteiger partial charge in [0.05, 0.1) is 6.61 Å². The van der Waals surface area contributed by atoms with Crippen LogP contribution in [-0.2, 0) is 15.1 Å². The van der Waals surface area contributed by atoms with Crippen molar-refractivity contribution in [3.05, 3.63) is 65.9 Å². The minimum Gasteiger partial charge on any atom is -0.376 e. The monoisotopic (exact) mass is 463 g/mol. The molecule has 1 unspecified atom stereocenters. The smallest absolute Gasteiger partial charge is 0.262 e. The molecule has 1 aromatic heterocycles. The molecule has 5 rings (SSSR count). The zero-order valence-electron chi connectivity index (χ0n) is 19.6. The summed E-state index contributed by atoms with van der Waals surface area (Å²) >= 11 is 0. The number of nitrogens with zero attached hydrogens (tertiary/aromatic N) is 4. The third kappa shape index (κ3) is 3.86. The molecule has 178 valence electrons. The lowest BCUT2D eigenvalue weighted by atomic mass is 9.77. The molecule has 3 heterocycles. The maximum Gasteiger partial charge on any atom is 0.262 e. The Morgan fingerprint density at radius 1 is 1.26 bits per heavy atom. The van der Waals surface area contributed by atoms with Gasteiger partial charge in [-0.15, -0.1) is 0 Å². The number of hydrogen-bond acceptors (Lipinski definition) is 6. The SMILES string of the molecule is CCOCC1=CC([C@]2(c3cccc(-c4cccnc4F)c3)N=C(N)N(C)C2=O)CN1CC1CC1. The normalized spacial score (nSPS) is 24.6. The summed E-state index contributed by atoms with van der Waals surface area (Å²) in [7, 11) is 1.65. The van der Waals surface area contributed by atoms with E-state index in [0.29, 0.717) is 42.4 Å². The highest BCUT2D eigenvalue weighted by atomic mass is 19.1. The van der Waals surface area contributed by atoms with Gasteiger partial charge >= 0.3 is 0 Å². The lowest BCUT2D eigenvalue weighted by Gasteiger charge is -2.32. The second kappa shape index (κ2) is 8.83. The fraction of sp³-hybridized carbons (Fsp3) is 0.423. The highest BCUT2D eigenvalue weighted by Gasteiger charge is 2.55. The average Bonchev–Trinajstić information content (AvgIpc) is 3.53. The van der Waals surface area contributed by atoms with E-state index in [1.54, 1.807) is 19.2 Å². The van der Waals surface area contributed by atoms with Crippen LogP contribution in [0, 0.1) is 17.8 Å². The number of halogens is 1. The zero-order valence-corrected chi connectivity index (χ0v) is 19.6. The number of rotatable bonds is 8. The van der Waals surface area contributed by atoms with Gasteiger partial charge < -0.3 is 15.4 Å². The Labute approximate surface area is 199 Å². The largest absolute Gasteiger partial charge is 0.376 e. The topological polar surface area (TPSA) is 84.0 Å². The van der Waals surface area contributed by atoms with Crippen molar-refractivity contribution in [2.24, 2.45) is 22.6 Å². The zero-order chi connectivity index (χ0) is 23.9. The van der Waals surface area contributed by atoms with Gasteiger partial charge in [0.15, 0.2) is 11.5 Å². The van der Waals surface area contributed by atoms with E-state index in [0.717, 1.165) is 12.2 Å². The van der Waals surface area contributed by atoms with Crippen LogP contribution in [0.5, 0.6) is 0 Å². The number of benzene rings is 1. The molecule has 1 aliphatic carbocycles. The summed E-state index contributed by atoms with van der Waals surface area (Å²) in [5.74, 6) is -0.0942. The van der Waals surface area contributed by atoms with E-state index in [4.69, 9.17) is 15.5 Å². The number of aliphatic imine (C=N–C) groups is 1. The molecule has 0 spiro atoms. The quantitative estimate of drug-likeness (QED) is 0.608. The number of aromatic nitrogens is 1. The summed E-state index contributed by atoms with van der Waals surface area (Å²) in [5.41, 5.74) is 7.77. The predicted octanol–water partition coefficient (Wildman–Crippen LogP) is 3.13. The maximum atomic E-state index is 14.5. The van der Waals surface area contributed by atoms with Gasteiger partial charge in [-0.05, 0) is 55.0 Å². The molecule has 34 heavy (non-hydrogen) atoms. The van der Waals surface area contributed by atoms with Crippen molar-refractivity contribution >= 4 is 11.9 Å². The number of carbonyl (C=O) groups is 1. The van der Waals surface area contributed by atoms with E-state index in [-0.39, 0.29) is 17.8 Å². The van der Waals surface area contributed by atoms with E-state index < -0.39 is 11.5 Å². The molecular weight excluding hydrogens is 433 g/mol. The Kier molecular flexibility index (Phi) is 5.85. The first-order chi connectivity index (χ1) is 16.4. The lowest BCUT2D eigenvalue weighted by molar-refractivity contribution is -0.132. The Morgan fingerprint density at radius 3 is 2.76 bits per heavy atom. The molecule has 8 heteroatoms. The maximum absolute atomic E-state index is 14.5. The van der Waals surface area contributed by atoms with Crippen molar-refractivity contribution in [3.8, 4) is 11.1 Å². The van der Waals surface area contributed by atoms with E-state index >= 15 is 0 Å². The third-order valence-electron chi connectivity index (χ3n) is 7.02. The Hall–Kier alpha value is -3.26. The molecular formula is C26H30FN5O2.